The van der Waals surface area contributed by atoms with Gasteiger partial charge < -0.3 is 10.5 Å². The number of hydrogen-bond acceptors (Lipinski definition) is 2. The van der Waals surface area contributed by atoms with Crippen molar-refractivity contribution in [2.75, 3.05) is 7.11 Å². The van der Waals surface area contributed by atoms with Gasteiger partial charge in [-0.3, -0.25) is 4.79 Å². The highest BCUT2D eigenvalue weighted by Gasteiger charge is 2.39. The van der Waals surface area contributed by atoms with Gasteiger partial charge in [-0.2, -0.15) is 0 Å². The normalized spacial score (nSPS) is 26.0. The van der Waals surface area contributed by atoms with Crippen LogP contribution < -0.4 is 5.73 Å². The maximum atomic E-state index is 11.4. The topological polar surface area (TPSA) is 52.3 Å². The predicted octanol–water partition coefficient (Wildman–Crippen LogP) is 4.58. The summed E-state index contributed by atoms with van der Waals surface area (Å²) in [6.07, 6.45) is 5.31. The molecule has 3 heteroatoms. The minimum atomic E-state index is -0.246. The molecule has 0 aromatic heterocycles. The Morgan fingerprint density at radius 2 is 2.05 bits per heavy atom. The van der Waals surface area contributed by atoms with Gasteiger partial charge >= 0.3 is 0 Å². The first-order valence-corrected chi connectivity index (χ1v) is 8.05. The van der Waals surface area contributed by atoms with Gasteiger partial charge in [0.25, 0.3) is 0 Å². The number of carbonyl (C=O) groups excluding carboxylic acids is 1. The van der Waals surface area contributed by atoms with Gasteiger partial charge in [-0.1, -0.05) is 45.8 Å². The van der Waals surface area contributed by atoms with E-state index in [1.807, 2.05) is 13.8 Å². The first-order valence-electron chi connectivity index (χ1n) is 8.05. The summed E-state index contributed by atoms with van der Waals surface area (Å²) in [7, 11) is 1.71. The summed E-state index contributed by atoms with van der Waals surface area (Å²) in [5.41, 5.74) is 7.90. The number of carbonyl (C=O) groups is 1. The number of hydrogen-bond donors (Lipinski definition) is 1. The molecule has 0 saturated heterocycles. The molecule has 0 aliphatic heterocycles. The predicted molar refractivity (Wildman–Crippen MR) is 89.7 cm³/mol. The summed E-state index contributed by atoms with van der Waals surface area (Å²) in [5, 5.41) is 0. The van der Waals surface area contributed by atoms with Crippen molar-refractivity contribution >= 4 is 5.91 Å². The first-order chi connectivity index (χ1) is 9.85. The Morgan fingerprint density at radius 3 is 2.48 bits per heavy atom. The minimum Gasteiger partial charge on any atom is -0.501 e. The summed E-state index contributed by atoms with van der Waals surface area (Å²) >= 11 is 0. The van der Waals surface area contributed by atoms with Gasteiger partial charge in [-0.15, -0.1) is 0 Å². The van der Waals surface area contributed by atoms with Gasteiger partial charge in [0.05, 0.1) is 12.9 Å². The molecule has 122 valence electrons. The Labute approximate surface area is 130 Å². The van der Waals surface area contributed by atoms with Crippen LogP contribution in [0.2, 0.25) is 0 Å². The molecule has 1 aliphatic rings. The lowest BCUT2D eigenvalue weighted by atomic mass is 9.63. The van der Waals surface area contributed by atoms with E-state index in [1.165, 1.54) is 11.1 Å². The van der Waals surface area contributed by atoms with Gasteiger partial charge in [0, 0.05) is 12.8 Å². The maximum Gasteiger partial charge on any atom is 0.221 e. The number of allylic oxidation sites excluding steroid dienone is 3. The third-order valence-corrected chi connectivity index (χ3v) is 4.68. The van der Waals surface area contributed by atoms with Crippen molar-refractivity contribution in [3.63, 3.8) is 0 Å². The van der Waals surface area contributed by atoms with Crippen molar-refractivity contribution in [1.29, 1.82) is 0 Å². The van der Waals surface area contributed by atoms with Crippen molar-refractivity contribution in [2.24, 2.45) is 17.1 Å². The Hall–Kier alpha value is -1.25. The molecule has 3 nitrogen and oxygen atoms in total. The highest BCUT2D eigenvalue weighted by Crippen LogP contribution is 2.48. The molecule has 0 radical (unpaired) electrons. The second-order valence-corrected chi connectivity index (χ2v) is 5.86. The zero-order valence-corrected chi connectivity index (χ0v) is 14.9. The minimum absolute atomic E-state index is 0.0325. The van der Waals surface area contributed by atoms with Crippen LogP contribution in [0, 0.1) is 11.3 Å². The number of methoxy groups -OCH3 is 1. The number of nitrogens with two attached hydrogens (primary N) is 1. The van der Waals surface area contributed by atoms with Crippen molar-refractivity contribution in [3.8, 4) is 0 Å². The fourth-order valence-corrected chi connectivity index (χ4v) is 2.96. The molecule has 2 unspecified atom stereocenters. The van der Waals surface area contributed by atoms with Crippen LogP contribution in [-0.4, -0.2) is 13.0 Å². The van der Waals surface area contributed by atoms with Crippen LogP contribution in [-0.2, 0) is 9.53 Å². The number of rotatable bonds is 5. The Balaban J connectivity index is 0.00000191. The summed E-state index contributed by atoms with van der Waals surface area (Å²) < 4.78 is 5.43. The molecule has 2 N–H and O–H groups in total. The lowest BCUT2D eigenvalue weighted by Gasteiger charge is -2.42. The van der Waals surface area contributed by atoms with Crippen LogP contribution in [0.4, 0.5) is 0 Å². The number of amides is 1. The summed E-state index contributed by atoms with van der Waals surface area (Å²) in [6, 6.07) is 0. The molecule has 21 heavy (non-hydrogen) atoms. The molecule has 0 aromatic carbocycles. The summed E-state index contributed by atoms with van der Waals surface area (Å²) in [5.74, 6) is 1.26. The average molecular weight is 295 g/mol. The van der Waals surface area contributed by atoms with Crippen LogP contribution in [0.5, 0.6) is 0 Å². The average Bonchev–Trinajstić information content (AvgIpc) is 2.48. The van der Waals surface area contributed by atoms with Crippen molar-refractivity contribution in [2.45, 2.75) is 67.2 Å². The molecular formula is C18H33NO2. The quantitative estimate of drug-likeness (QED) is 0.755. The Bertz CT molecular complexity index is 409. The van der Waals surface area contributed by atoms with Crippen LogP contribution in [0.25, 0.3) is 0 Å². The molecule has 0 aromatic rings. The number of ether oxygens (including phenoxy) is 1. The fraction of sp³-hybridized carbons (Fsp3) is 0.722. The summed E-state index contributed by atoms with van der Waals surface area (Å²) in [6.45, 7) is 12.7. The molecule has 1 aliphatic carbocycles. The van der Waals surface area contributed by atoms with E-state index < -0.39 is 0 Å². The fourth-order valence-electron chi connectivity index (χ4n) is 2.96. The smallest absolute Gasteiger partial charge is 0.221 e. The molecule has 0 fully saturated rings. The van der Waals surface area contributed by atoms with Gasteiger partial charge in [-0.05, 0) is 37.2 Å². The highest BCUT2D eigenvalue weighted by atomic mass is 16.5. The van der Waals surface area contributed by atoms with E-state index in [9.17, 15) is 4.79 Å². The van der Waals surface area contributed by atoms with E-state index in [1.54, 1.807) is 7.11 Å². The molecule has 0 heterocycles. The summed E-state index contributed by atoms with van der Waals surface area (Å²) in [4.78, 5) is 11.4. The second-order valence-electron chi connectivity index (χ2n) is 5.86. The van der Waals surface area contributed by atoms with Crippen LogP contribution in [0.1, 0.15) is 67.2 Å². The van der Waals surface area contributed by atoms with Crippen LogP contribution in [0.15, 0.2) is 23.0 Å². The highest BCUT2D eigenvalue weighted by molar-refractivity contribution is 5.77. The monoisotopic (exact) mass is 295 g/mol. The largest absolute Gasteiger partial charge is 0.501 e. The van der Waals surface area contributed by atoms with Gasteiger partial charge in [0.15, 0.2) is 0 Å². The van der Waals surface area contributed by atoms with E-state index in [-0.39, 0.29) is 11.3 Å². The molecule has 0 spiro atoms. The molecular weight excluding hydrogens is 262 g/mol. The maximum absolute atomic E-state index is 11.4. The van der Waals surface area contributed by atoms with Crippen LogP contribution in [0.3, 0.4) is 0 Å². The molecule has 0 bridgehead atoms. The van der Waals surface area contributed by atoms with Gasteiger partial charge in [0.2, 0.25) is 5.91 Å². The third-order valence-electron chi connectivity index (χ3n) is 4.68. The lowest BCUT2D eigenvalue weighted by molar-refractivity contribution is -0.117. The van der Waals surface area contributed by atoms with Crippen molar-refractivity contribution in [1.82, 2.24) is 0 Å². The SMILES string of the molecule is CC.CC/C(C)=C(/CC(N)=O)C1(C)CC(OC)=CCC1C. The van der Waals surface area contributed by atoms with E-state index in [0.29, 0.717) is 12.3 Å². The van der Waals surface area contributed by atoms with Crippen LogP contribution >= 0.6 is 0 Å². The Kier molecular flexibility index (Phi) is 8.38. The van der Waals surface area contributed by atoms with E-state index in [2.05, 4.69) is 33.8 Å². The second kappa shape index (κ2) is 8.91. The van der Waals surface area contributed by atoms with E-state index in [4.69, 9.17) is 10.5 Å². The third kappa shape index (κ3) is 4.90. The Morgan fingerprint density at radius 1 is 1.48 bits per heavy atom. The van der Waals surface area contributed by atoms with E-state index >= 15 is 0 Å². The zero-order valence-electron chi connectivity index (χ0n) is 14.9. The number of primary amides is 1. The van der Waals surface area contributed by atoms with Gasteiger partial charge in [0.1, 0.15) is 0 Å². The lowest BCUT2D eigenvalue weighted by Crippen LogP contribution is -2.34. The van der Waals surface area contributed by atoms with E-state index in [0.717, 1.165) is 25.0 Å². The molecule has 1 amide bonds. The van der Waals surface area contributed by atoms with Crippen molar-refractivity contribution < 1.29 is 9.53 Å². The van der Waals surface area contributed by atoms with Crippen molar-refractivity contribution in [3.05, 3.63) is 23.0 Å². The molecule has 0 saturated carbocycles. The molecule has 2 atom stereocenters. The standard InChI is InChI=1S/C16H27NO2.C2H6/c1-6-11(2)14(9-15(17)18)16(4)10-13(19-5)8-7-12(16)3;1-2/h8,12H,6-7,9-10H2,1-5H3,(H2,17,18);1-2H3/b14-11-;. The molecule has 1 rings (SSSR count). The zero-order chi connectivity index (χ0) is 16.6. The first kappa shape index (κ1) is 19.8. The van der Waals surface area contributed by atoms with Gasteiger partial charge in [-0.25, -0.2) is 0 Å².